The minimum absolute atomic E-state index is 0.333. The summed E-state index contributed by atoms with van der Waals surface area (Å²) in [6.45, 7) is 4.40. The number of hydrogen-bond acceptors (Lipinski definition) is 4. The maximum atomic E-state index is 10.7. The average Bonchev–Trinajstić information content (AvgIpc) is 1.81. The van der Waals surface area contributed by atoms with Crippen LogP contribution >= 0.6 is 0 Å². The van der Waals surface area contributed by atoms with Crippen LogP contribution in [0.5, 0.6) is 0 Å². The number of ether oxygens (including phenoxy) is 1. The van der Waals surface area contributed by atoms with Gasteiger partial charge in [0, 0.05) is 11.8 Å². The molecule has 5 nitrogen and oxygen atoms in total. The molecule has 0 N–H and O–H groups in total. The Morgan fingerprint density at radius 1 is 1.62 bits per heavy atom. The summed E-state index contributed by atoms with van der Waals surface area (Å²) in [4.78, 5) is 20.5. The molecule has 0 aliphatic rings. The summed E-state index contributed by atoms with van der Waals surface area (Å²) in [5.74, 6) is -0.474. The van der Waals surface area contributed by atoms with Crippen LogP contribution in [0.15, 0.2) is 0 Å². The van der Waals surface area contributed by atoms with E-state index >= 15 is 0 Å². The molecule has 0 saturated carbocycles. The second kappa shape index (κ2) is 4.79. The standard InChI is InChI=1S/C8H15NO4/c1-4-5-8(3,6-9(11)12)13-7(2)10/h4-6H2,1-3H3. The molecule has 0 fully saturated rings. The second-order valence-electron chi connectivity index (χ2n) is 3.28. The highest BCUT2D eigenvalue weighted by Gasteiger charge is 2.32. The van der Waals surface area contributed by atoms with E-state index in [2.05, 4.69) is 0 Å². The van der Waals surface area contributed by atoms with Gasteiger partial charge in [-0.2, -0.15) is 0 Å². The zero-order chi connectivity index (χ0) is 10.5. The molecule has 13 heavy (non-hydrogen) atoms. The van der Waals surface area contributed by atoms with Gasteiger partial charge in [0.1, 0.15) is 0 Å². The Balaban J connectivity index is 4.32. The Morgan fingerprint density at radius 2 is 2.15 bits per heavy atom. The molecule has 0 aliphatic carbocycles. The Bertz CT molecular complexity index is 186. The first-order valence-corrected chi connectivity index (χ1v) is 4.21. The summed E-state index contributed by atoms with van der Waals surface area (Å²) >= 11 is 0. The van der Waals surface area contributed by atoms with Crippen molar-refractivity contribution in [2.75, 3.05) is 6.54 Å². The van der Waals surface area contributed by atoms with E-state index in [0.717, 1.165) is 6.42 Å². The number of hydrogen-bond donors (Lipinski definition) is 0. The molecule has 1 atom stereocenters. The van der Waals surface area contributed by atoms with Crippen LogP contribution in [-0.2, 0) is 9.53 Å². The van der Waals surface area contributed by atoms with Gasteiger partial charge < -0.3 is 4.74 Å². The van der Waals surface area contributed by atoms with E-state index < -0.39 is 16.5 Å². The molecule has 0 aliphatic heterocycles. The summed E-state index contributed by atoms with van der Waals surface area (Å²) in [7, 11) is 0. The quantitative estimate of drug-likeness (QED) is 0.372. The molecule has 0 heterocycles. The van der Waals surface area contributed by atoms with Crippen LogP contribution < -0.4 is 0 Å². The maximum Gasteiger partial charge on any atom is 0.303 e. The van der Waals surface area contributed by atoms with E-state index in [-0.39, 0.29) is 6.54 Å². The van der Waals surface area contributed by atoms with E-state index in [1.54, 1.807) is 6.92 Å². The number of carbonyl (C=O) groups excluding carboxylic acids is 1. The zero-order valence-corrected chi connectivity index (χ0v) is 8.20. The van der Waals surface area contributed by atoms with Crippen LogP contribution in [0.25, 0.3) is 0 Å². The van der Waals surface area contributed by atoms with E-state index in [4.69, 9.17) is 4.74 Å². The second-order valence-corrected chi connectivity index (χ2v) is 3.28. The van der Waals surface area contributed by atoms with Gasteiger partial charge in [-0.15, -0.1) is 0 Å². The van der Waals surface area contributed by atoms with Gasteiger partial charge in [0.05, 0.1) is 0 Å². The fraction of sp³-hybridized carbons (Fsp3) is 0.875. The molecule has 0 radical (unpaired) electrons. The largest absolute Gasteiger partial charge is 0.453 e. The van der Waals surface area contributed by atoms with Crippen molar-refractivity contribution in [2.45, 2.75) is 39.2 Å². The summed E-state index contributed by atoms with van der Waals surface area (Å²) < 4.78 is 4.91. The van der Waals surface area contributed by atoms with Crippen molar-refractivity contribution < 1.29 is 14.5 Å². The average molecular weight is 189 g/mol. The van der Waals surface area contributed by atoms with E-state index in [1.165, 1.54) is 6.92 Å². The van der Waals surface area contributed by atoms with Crippen LogP contribution in [0.3, 0.4) is 0 Å². The summed E-state index contributed by atoms with van der Waals surface area (Å²) in [6.07, 6.45) is 1.26. The van der Waals surface area contributed by atoms with Gasteiger partial charge in [0.2, 0.25) is 6.54 Å². The minimum atomic E-state index is -0.954. The van der Waals surface area contributed by atoms with E-state index in [9.17, 15) is 14.9 Å². The number of carbonyl (C=O) groups is 1. The lowest BCUT2D eigenvalue weighted by molar-refractivity contribution is -0.499. The number of nitro groups is 1. The van der Waals surface area contributed by atoms with Crippen molar-refractivity contribution in [1.82, 2.24) is 0 Å². The summed E-state index contributed by atoms with van der Waals surface area (Å²) in [5, 5.41) is 10.3. The third kappa shape index (κ3) is 5.16. The number of rotatable bonds is 5. The van der Waals surface area contributed by atoms with Gasteiger partial charge in [-0.1, -0.05) is 13.3 Å². The fourth-order valence-corrected chi connectivity index (χ4v) is 1.31. The van der Waals surface area contributed by atoms with Gasteiger partial charge in [0.25, 0.3) is 0 Å². The third-order valence-corrected chi connectivity index (χ3v) is 1.63. The van der Waals surface area contributed by atoms with Crippen molar-refractivity contribution >= 4 is 5.97 Å². The lowest BCUT2D eigenvalue weighted by atomic mass is 10.0. The number of nitrogens with zero attached hydrogens (tertiary/aromatic N) is 1. The third-order valence-electron chi connectivity index (χ3n) is 1.63. The highest BCUT2D eigenvalue weighted by atomic mass is 16.6. The Kier molecular flexibility index (Phi) is 4.37. The van der Waals surface area contributed by atoms with Gasteiger partial charge >= 0.3 is 5.97 Å². The van der Waals surface area contributed by atoms with Crippen LogP contribution in [0.2, 0.25) is 0 Å². The molecule has 0 spiro atoms. The molecule has 0 saturated heterocycles. The molecular formula is C8H15NO4. The van der Waals surface area contributed by atoms with Gasteiger partial charge in [-0.3, -0.25) is 14.9 Å². The summed E-state index contributed by atoms with van der Waals surface area (Å²) in [6, 6.07) is 0. The molecule has 0 aromatic rings. The topological polar surface area (TPSA) is 69.4 Å². The Labute approximate surface area is 77.2 Å². The monoisotopic (exact) mass is 189 g/mol. The van der Waals surface area contributed by atoms with Crippen molar-refractivity contribution in [3.63, 3.8) is 0 Å². The molecule has 76 valence electrons. The van der Waals surface area contributed by atoms with Gasteiger partial charge in [0.15, 0.2) is 5.60 Å². The fourth-order valence-electron chi connectivity index (χ4n) is 1.31. The molecule has 0 rings (SSSR count). The number of esters is 1. The Hall–Kier alpha value is -1.13. The van der Waals surface area contributed by atoms with Crippen LogP contribution in [0, 0.1) is 10.1 Å². The van der Waals surface area contributed by atoms with Crippen LogP contribution in [0.1, 0.15) is 33.6 Å². The highest BCUT2D eigenvalue weighted by Crippen LogP contribution is 2.18. The van der Waals surface area contributed by atoms with Crippen molar-refractivity contribution in [1.29, 1.82) is 0 Å². The van der Waals surface area contributed by atoms with E-state index in [1.807, 2.05) is 6.92 Å². The Morgan fingerprint density at radius 3 is 2.46 bits per heavy atom. The lowest BCUT2D eigenvalue weighted by Crippen LogP contribution is -2.38. The predicted molar refractivity (Wildman–Crippen MR) is 46.9 cm³/mol. The van der Waals surface area contributed by atoms with Crippen molar-refractivity contribution in [3.8, 4) is 0 Å². The summed E-state index contributed by atoms with van der Waals surface area (Å²) in [5.41, 5.74) is -0.954. The van der Waals surface area contributed by atoms with Crippen LogP contribution in [-0.4, -0.2) is 23.0 Å². The smallest absolute Gasteiger partial charge is 0.303 e. The first-order valence-electron chi connectivity index (χ1n) is 4.21. The van der Waals surface area contributed by atoms with Gasteiger partial charge in [-0.05, 0) is 13.3 Å². The van der Waals surface area contributed by atoms with Crippen molar-refractivity contribution in [3.05, 3.63) is 10.1 Å². The lowest BCUT2D eigenvalue weighted by Gasteiger charge is -2.24. The van der Waals surface area contributed by atoms with Gasteiger partial charge in [-0.25, -0.2) is 0 Å². The molecule has 0 bridgehead atoms. The molecular weight excluding hydrogens is 174 g/mol. The van der Waals surface area contributed by atoms with Crippen molar-refractivity contribution in [2.24, 2.45) is 0 Å². The molecule has 1 unspecified atom stereocenters. The van der Waals surface area contributed by atoms with E-state index in [0.29, 0.717) is 6.42 Å². The zero-order valence-electron chi connectivity index (χ0n) is 8.20. The minimum Gasteiger partial charge on any atom is -0.453 e. The normalized spacial score (nSPS) is 14.7. The molecule has 0 aromatic heterocycles. The highest BCUT2D eigenvalue weighted by molar-refractivity contribution is 5.66. The molecule has 0 aromatic carbocycles. The molecule has 0 amide bonds. The SMILES string of the molecule is CCCC(C)(C[N+](=O)[O-])OC(C)=O. The first-order chi connectivity index (χ1) is 5.89. The first kappa shape index (κ1) is 11.9. The predicted octanol–water partition coefficient (Wildman–Crippen LogP) is 1.39. The maximum absolute atomic E-state index is 10.7. The van der Waals surface area contributed by atoms with Crippen LogP contribution in [0.4, 0.5) is 0 Å². The molecule has 5 heteroatoms.